The summed E-state index contributed by atoms with van der Waals surface area (Å²) in [7, 11) is 3.85. The van der Waals surface area contributed by atoms with E-state index >= 15 is 0 Å². The van der Waals surface area contributed by atoms with E-state index in [0.717, 1.165) is 11.0 Å². The molecule has 4 bridgehead atoms. The predicted octanol–water partition coefficient (Wildman–Crippen LogP) is 3.74. The van der Waals surface area contributed by atoms with E-state index in [9.17, 15) is 14.7 Å². The number of hydrogen-bond acceptors (Lipinski definition) is 14. The molecule has 15 heteroatoms. The van der Waals surface area contributed by atoms with Gasteiger partial charge in [-0.2, -0.15) is 0 Å². The maximum absolute atomic E-state index is 14.2. The van der Waals surface area contributed by atoms with Crippen LogP contribution in [0.5, 0.6) is 0 Å². The average molecular weight is 758 g/mol. The summed E-state index contributed by atoms with van der Waals surface area (Å²) in [6.45, 7) is 15.2. The van der Waals surface area contributed by atoms with Crippen molar-refractivity contribution in [1.82, 2.24) is 19.9 Å². The minimum absolute atomic E-state index is 0.000112. The molecule has 4 saturated heterocycles. The van der Waals surface area contributed by atoms with Gasteiger partial charge in [-0.25, -0.2) is 4.68 Å². The van der Waals surface area contributed by atoms with Crippen LogP contribution in [0.15, 0.2) is 29.4 Å². The van der Waals surface area contributed by atoms with Crippen molar-refractivity contribution < 1.29 is 48.0 Å². The fourth-order valence-corrected chi connectivity index (χ4v) is 9.14. The number of nitrogens with zero attached hydrogens (tertiary/aromatic N) is 5. The Balaban J connectivity index is 1.40. The molecule has 0 radical (unpaired) electrons. The van der Waals surface area contributed by atoms with Gasteiger partial charge in [0.05, 0.1) is 54.7 Å². The lowest BCUT2D eigenvalue weighted by molar-refractivity contribution is -0.302. The molecule has 4 aliphatic rings. The Hall–Kier alpha value is -3.05. The summed E-state index contributed by atoms with van der Waals surface area (Å²) in [4.78, 5) is 35.9. The second-order valence-corrected chi connectivity index (χ2v) is 16.5. The minimum atomic E-state index is -1.31. The predicted molar refractivity (Wildman–Crippen MR) is 197 cm³/mol. The zero-order valence-electron chi connectivity index (χ0n) is 33.3. The molecule has 0 aliphatic carbocycles. The number of aromatic nitrogens is 3. The maximum Gasteiger partial charge on any atom is 0.311 e. The molecule has 300 valence electrons. The fourth-order valence-electron chi connectivity index (χ4n) is 9.14. The van der Waals surface area contributed by atoms with Crippen LogP contribution in [-0.2, 0) is 49.6 Å². The lowest BCUT2D eigenvalue weighted by atomic mass is 9.75. The second-order valence-electron chi connectivity index (χ2n) is 16.5. The van der Waals surface area contributed by atoms with E-state index in [0.29, 0.717) is 25.0 Å². The molecule has 1 aromatic carbocycles. The molecule has 1 aromatic heterocycles. The summed E-state index contributed by atoms with van der Waals surface area (Å²) in [6.07, 6.45) is -3.61. The minimum Gasteiger partial charge on any atom is -0.459 e. The van der Waals surface area contributed by atoms with Gasteiger partial charge in [-0.3, -0.25) is 9.59 Å². The first-order valence-electron chi connectivity index (χ1n) is 19.4. The number of fused-ring (bicyclic) bond motifs is 6. The molecule has 14 atom stereocenters. The highest BCUT2D eigenvalue weighted by Gasteiger charge is 2.58. The molecule has 1 N–H and O–H groups in total. The first-order valence-corrected chi connectivity index (χ1v) is 19.4. The van der Waals surface area contributed by atoms with Crippen LogP contribution in [0.3, 0.4) is 0 Å². The number of ketones is 1. The van der Waals surface area contributed by atoms with Gasteiger partial charge in [0.15, 0.2) is 17.7 Å². The molecule has 54 heavy (non-hydrogen) atoms. The van der Waals surface area contributed by atoms with Crippen molar-refractivity contribution in [3.63, 3.8) is 0 Å². The molecule has 4 fully saturated rings. The van der Waals surface area contributed by atoms with Gasteiger partial charge in [0.2, 0.25) is 6.73 Å². The molecule has 6 rings (SSSR count). The van der Waals surface area contributed by atoms with Crippen molar-refractivity contribution in [3.8, 4) is 0 Å². The van der Waals surface area contributed by atoms with E-state index in [1.54, 1.807) is 18.5 Å². The number of likely N-dealkylation sites (N-methyl/N-ethyl adjacent to an activating group) is 1. The summed E-state index contributed by atoms with van der Waals surface area (Å²) in [5.41, 5.74) is -0.440. The smallest absolute Gasteiger partial charge is 0.311 e. The van der Waals surface area contributed by atoms with Crippen LogP contribution >= 0.6 is 0 Å². The van der Waals surface area contributed by atoms with Crippen LogP contribution in [0.2, 0.25) is 0 Å². The number of cyclic esters (lactones) is 1. The molecule has 15 nitrogen and oxygen atoms in total. The number of aliphatic hydroxyl groups excluding tert-OH is 1. The first-order chi connectivity index (χ1) is 25.6. The summed E-state index contributed by atoms with van der Waals surface area (Å²) in [5.74, 6) is -2.62. The number of carbonyl (C=O) groups is 2. The van der Waals surface area contributed by atoms with Crippen molar-refractivity contribution in [2.24, 2.45) is 28.8 Å². The number of carbonyl (C=O) groups excluding carboxylic acids is 2. The largest absolute Gasteiger partial charge is 0.459 e. The monoisotopic (exact) mass is 757 g/mol. The Bertz CT molecular complexity index is 1670. The van der Waals surface area contributed by atoms with Crippen LogP contribution in [0, 0.1) is 23.7 Å². The number of rotatable bonds is 7. The van der Waals surface area contributed by atoms with Crippen LogP contribution in [-0.4, -0.2) is 130 Å². The highest BCUT2D eigenvalue weighted by molar-refractivity contribution is 5.92. The van der Waals surface area contributed by atoms with Gasteiger partial charge >= 0.3 is 5.97 Å². The van der Waals surface area contributed by atoms with Gasteiger partial charge in [0.1, 0.15) is 23.4 Å². The number of ether oxygens (including phenoxy) is 6. The molecular formula is C39H59N5O10. The third-order valence-electron chi connectivity index (χ3n) is 12.1. The van der Waals surface area contributed by atoms with Crippen LogP contribution < -0.4 is 0 Å². The summed E-state index contributed by atoms with van der Waals surface area (Å²) in [5, 5.41) is 24.5. The number of esters is 1. The first kappa shape index (κ1) is 40.6. The quantitative estimate of drug-likeness (QED) is 0.321. The summed E-state index contributed by atoms with van der Waals surface area (Å²) in [6, 6.07) is 7.34. The molecule has 0 amide bonds. The van der Waals surface area contributed by atoms with Gasteiger partial charge in [-0.1, -0.05) is 50.2 Å². The van der Waals surface area contributed by atoms with E-state index in [-0.39, 0.29) is 43.8 Å². The molecule has 5 heterocycles. The summed E-state index contributed by atoms with van der Waals surface area (Å²) < 4.78 is 41.2. The zero-order valence-corrected chi connectivity index (χ0v) is 33.3. The van der Waals surface area contributed by atoms with E-state index < -0.39 is 71.7 Å². The van der Waals surface area contributed by atoms with Crippen molar-refractivity contribution in [3.05, 3.63) is 24.3 Å². The number of oxime groups is 1. The highest BCUT2D eigenvalue weighted by Crippen LogP contribution is 2.45. The SMILES string of the molecule is CC[C@H]1OC(=O)[C@H](C)[C@H]2OC/C(=N\OCn3nnc4ccccc43)CO[C@](C)(C[C@@H](C)C3OC1(C)C(=O)C3C)[C@H](O[C@@H]1O[C@H](C)C[C@H](N(C)C)[C@H]1O)[C@@H]2C. The van der Waals surface area contributed by atoms with E-state index in [1.165, 1.54) is 0 Å². The number of Topliss-reactive ketones (excluding diaryl/α,β-unsaturated/α-hetero) is 1. The third kappa shape index (κ3) is 7.82. The van der Waals surface area contributed by atoms with E-state index in [2.05, 4.69) is 15.5 Å². The maximum atomic E-state index is 14.2. The van der Waals surface area contributed by atoms with Gasteiger partial charge < -0.3 is 43.3 Å². The number of aliphatic hydroxyl groups is 1. The second kappa shape index (κ2) is 16.2. The molecule has 0 spiro atoms. The van der Waals surface area contributed by atoms with Crippen LogP contribution in [0.4, 0.5) is 0 Å². The van der Waals surface area contributed by atoms with Crippen molar-refractivity contribution in [2.75, 3.05) is 27.3 Å². The fraction of sp³-hybridized carbons (Fsp3) is 0.769. The zero-order chi connectivity index (χ0) is 39.1. The molecule has 3 unspecified atom stereocenters. The Morgan fingerprint density at radius 1 is 1.06 bits per heavy atom. The average Bonchev–Trinajstić information content (AvgIpc) is 3.66. The van der Waals surface area contributed by atoms with Gasteiger partial charge in [0, 0.05) is 17.9 Å². The van der Waals surface area contributed by atoms with Crippen LogP contribution in [0.1, 0.15) is 74.7 Å². The third-order valence-corrected chi connectivity index (χ3v) is 12.1. The molecule has 2 aromatic rings. The van der Waals surface area contributed by atoms with Crippen molar-refractivity contribution in [2.45, 2.75) is 142 Å². The topological polar surface area (TPSA) is 165 Å². The van der Waals surface area contributed by atoms with E-state index in [1.807, 2.05) is 84.8 Å². The lowest BCUT2D eigenvalue weighted by Crippen LogP contribution is -2.59. The Labute approximate surface area is 317 Å². The Morgan fingerprint density at radius 3 is 2.52 bits per heavy atom. The van der Waals surface area contributed by atoms with Gasteiger partial charge in [0.25, 0.3) is 0 Å². The lowest BCUT2D eigenvalue weighted by Gasteiger charge is -2.48. The van der Waals surface area contributed by atoms with Gasteiger partial charge in [-0.05, 0) is 79.1 Å². The standard InChI is InChI=1S/C39H59N5O10/c1-11-30-39(8)34(46)23(4)32(54-39)21(2)17-38(7)35(53-37-31(45)29(43(9)10)16-22(3)51-37)24(5)33(25(6)36(47)52-30)48-18-26(19-49-38)41-50-20-44-28-15-13-12-14-27(28)40-42-44/h12-15,21-25,29-33,35,37,45H,11,16-20H2,1-10H3/b41-26+/t21-,22-,23?,24-,25-,29+,30-,31-,32?,33+,35-,37+,38-,39?/m1/s1. The Morgan fingerprint density at radius 2 is 1.80 bits per heavy atom. The number of hydrogen-bond donors (Lipinski definition) is 1. The van der Waals surface area contributed by atoms with Crippen molar-refractivity contribution >= 4 is 28.5 Å². The van der Waals surface area contributed by atoms with E-state index in [4.69, 9.17) is 33.3 Å². The van der Waals surface area contributed by atoms with Crippen LogP contribution in [0.25, 0.3) is 11.0 Å². The number of benzene rings is 1. The van der Waals surface area contributed by atoms with Crippen molar-refractivity contribution in [1.29, 1.82) is 0 Å². The highest BCUT2D eigenvalue weighted by atomic mass is 16.7. The molecule has 0 saturated carbocycles. The summed E-state index contributed by atoms with van der Waals surface area (Å²) >= 11 is 0. The van der Waals surface area contributed by atoms with Gasteiger partial charge in [-0.15, -0.1) is 5.10 Å². The normalized spacial score (nSPS) is 41.8. The number of para-hydroxylation sites is 1. The molecule has 4 aliphatic heterocycles. The Kier molecular flexibility index (Phi) is 12.2. The molecular weight excluding hydrogens is 698 g/mol.